The second-order valence-electron chi connectivity index (χ2n) is 5.05. The Balaban J connectivity index is 0.00000220. The summed E-state index contributed by atoms with van der Waals surface area (Å²) >= 11 is 0. The third-order valence-electron chi connectivity index (χ3n) is 3.55. The summed E-state index contributed by atoms with van der Waals surface area (Å²) in [6.07, 6.45) is 5.63. The van der Waals surface area contributed by atoms with Gasteiger partial charge in [0.1, 0.15) is 5.56 Å². The molecule has 1 aliphatic heterocycles. The number of halogens is 1. The fourth-order valence-electron chi connectivity index (χ4n) is 2.49. The molecule has 1 atom stereocenters. The zero-order valence-electron chi connectivity index (χ0n) is 12.3. The molecule has 1 fully saturated rings. The highest BCUT2D eigenvalue weighted by Crippen LogP contribution is 2.16. The molecular formula is C14H21ClN4O2. The third kappa shape index (κ3) is 4.41. The summed E-state index contributed by atoms with van der Waals surface area (Å²) in [4.78, 5) is 25.8. The number of hydrazine groups is 1. The molecule has 2 amide bonds. The Morgan fingerprint density at radius 1 is 1.48 bits per heavy atom. The van der Waals surface area contributed by atoms with E-state index in [9.17, 15) is 9.59 Å². The number of nitrogens with zero attached hydrogens (tertiary/aromatic N) is 2. The quantitative estimate of drug-likeness (QED) is 0.456. The molecule has 1 unspecified atom stereocenters. The lowest BCUT2D eigenvalue weighted by Crippen LogP contribution is -3.00. The number of pyridine rings is 1. The van der Waals surface area contributed by atoms with Crippen molar-refractivity contribution in [3.8, 4) is 0 Å². The first-order valence-corrected chi connectivity index (χ1v) is 6.87. The van der Waals surface area contributed by atoms with Crippen LogP contribution in [0.15, 0.2) is 24.5 Å². The van der Waals surface area contributed by atoms with Gasteiger partial charge in [-0.15, -0.1) is 0 Å². The van der Waals surface area contributed by atoms with E-state index in [-0.39, 0.29) is 30.8 Å². The maximum Gasteiger partial charge on any atom is 0.288 e. The topological polar surface area (TPSA) is 65.3 Å². The number of likely N-dealkylation sites (tertiary alicyclic amines) is 1. The van der Waals surface area contributed by atoms with Crippen molar-refractivity contribution in [2.45, 2.75) is 32.4 Å². The van der Waals surface area contributed by atoms with Crippen LogP contribution in [0.2, 0.25) is 0 Å². The number of hydrogen-bond donors (Lipinski definition) is 2. The van der Waals surface area contributed by atoms with Gasteiger partial charge in [0.25, 0.3) is 11.8 Å². The minimum atomic E-state index is -0.219. The van der Waals surface area contributed by atoms with Crippen molar-refractivity contribution in [2.75, 3.05) is 13.6 Å². The van der Waals surface area contributed by atoms with Crippen LogP contribution in [0.5, 0.6) is 0 Å². The summed E-state index contributed by atoms with van der Waals surface area (Å²) in [6.45, 7) is 3.18. The predicted octanol–water partition coefficient (Wildman–Crippen LogP) is -3.15. The van der Waals surface area contributed by atoms with Crippen LogP contribution in [-0.4, -0.2) is 36.3 Å². The van der Waals surface area contributed by atoms with E-state index in [4.69, 9.17) is 0 Å². The van der Waals surface area contributed by atoms with Gasteiger partial charge in [0.2, 0.25) is 6.54 Å². The lowest BCUT2D eigenvalue weighted by atomic mass is 10.2. The van der Waals surface area contributed by atoms with Crippen molar-refractivity contribution < 1.29 is 26.6 Å². The van der Waals surface area contributed by atoms with Crippen LogP contribution in [0.1, 0.15) is 30.1 Å². The zero-order chi connectivity index (χ0) is 14.5. The monoisotopic (exact) mass is 312 g/mol. The predicted molar refractivity (Wildman–Crippen MR) is 73.6 cm³/mol. The molecule has 2 rings (SSSR count). The van der Waals surface area contributed by atoms with Gasteiger partial charge in [-0.2, -0.15) is 4.57 Å². The van der Waals surface area contributed by atoms with Crippen LogP contribution < -0.4 is 27.8 Å². The highest BCUT2D eigenvalue weighted by Gasteiger charge is 2.27. The summed E-state index contributed by atoms with van der Waals surface area (Å²) in [5, 5.41) is 0. The zero-order valence-corrected chi connectivity index (χ0v) is 13.1. The first-order valence-electron chi connectivity index (χ1n) is 6.87. The molecule has 1 aliphatic rings. The van der Waals surface area contributed by atoms with Crippen molar-refractivity contribution >= 4 is 11.8 Å². The van der Waals surface area contributed by atoms with Crippen molar-refractivity contribution in [3.63, 3.8) is 0 Å². The van der Waals surface area contributed by atoms with Gasteiger partial charge in [0, 0.05) is 25.7 Å². The Hall–Kier alpha value is -1.66. The minimum Gasteiger partial charge on any atom is -1.00 e. The first-order chi connectivity index (χ1) is 9.61. The summed E-state index contributed by atoms with van der Waals surface area (Å²) in [6, 6.07) is 3.80. The van der Waals surface area contributed by atoms with Crippen molar-refractivity contribution in [1.29, 1.82) is 0 Å². The molecule has 6 nitrogen and oxygen atoms in total. The SMILES string of the molecule is CNNC(=O)c1ccc[n+](CC(=O)N2CCCC2C)c1.[Cl-]. The van der Waals surface area contributed by atoms with E-state index in [2.05, 4.69) is 17.8 Å². The molecule has 0 aliphatic carbocycles. The maximum absolute atomic E-state index is 12.2. The molecule has 7 heteroatoms. The fraction of sp³-hybridized carbons (Fsp3) is 0.500. The van der Waals surface area contributed by atoms with E-state index in [1.165, 1.54) is 0 Å². The molecule has 116 valence electrons. The summed E-state index contributed by atoms with van der Waals surface area (Å²) in [5.41, 5.74) is 5.62. The van der Waals surface area contributed by atoms with E-state index < -0.39 is 0 Å². The van der Waals surface area contributed by atoms with E-state index in [0.29, 0.717) is 11.6 Å². The van der Waals surface area contributed by atoms with Crippen molar-refractivity contribution in [2.24, 2.45) is 0 Å². The Labute approximate surface area is 130 Å². The summed E-state index contributed by atoms with van der Waals surface area (Å²) < 4.78 is 1.75. The second kappa shape index (κ2) is 7.95. The van der Waals surface area contributed by atoms with Crippen LogP contribution in [0.3, 0.4) is 0 Å². The second-order valence-corrected chi connectivity index (χ2v) is 5.05. The molecule has 0 spiro atoms. The van der Waals surface area contributed by atoms with E-state index in [0.717, 1.165) is 19.4 Å². The largest absolute Gasteiger partial charge is 1.00 e. The number of carbonyl (C=O) groups excluding carboxylic acids is 2. The lowest BCUT2D eigenvalue weighted by Gasteiger charge is -2.19. The van der Waals surface area contributed by atoms with Gasteiger partial charge in [-0.05, 0) is 25.8 Å². The Kier molecular flexibility index (Phi) is 6.58. The molecule has 2 heterocycles. The van der Waals surface area contributed by atoms with Gasteiger partial charge in [-0.3, -0.25) is 15.0 Å². The van der Waals surface area contributed by atoms with Crippen LogP contribution >= 0.6 is 0 Å². The molecular weight excluding hydrogens is 292 g/mol. The highest BCUT2D eigenvalue weighted by molar-refractivity contribution is 5.93. The fourth-order valence-corrected chi connectivity index (χ4v) is 2.49. The third-order valence-corrected chi connectivity index (χ3v) is 3.55. The summed E-state index contributed by atoms with van der Waals surface area (Å²) in [5.74, 6) is -0.116. The molecule has 21 heavy (non-hydrogen) atoms. The smallest absolute Gasteiger partial charge is 0.288 e. The van der Waals surface area contributed by atoms with E-state index in [1.807, 2.05) is 4.90 Å². The van der Waals surface area contributed by atoms with Gasteiger partial charge in [0.05, 0.1) is 0 Å². The Morgan fingerprint density at radius 2 is 2.24 bits per heavy atom. The van der Waals surface area contributed by atoms with Gasteiger partial charge in [0.15, 0.2) is 12.4 Å². The number of amides is 2. The van der Waals surface area contributed by atoms with Crippen LogP contribution in [0, 0.1) is 0 Å². The molecule has 0 bridgehead atoms. The number of aromatic nitrogens is 1. The standard InChI is InChI=1S/C14H20N4O2.ClH/c1-11-5-3-8-18(11)13(19)10-17-7-4-6-12(9-17)14(20)16-15-2;/h4,6-7,9,11,15H,3,5,8,10H2,1-2H3;1H. The number of rotatable bonds is 4. The lowest BCUT2D eigenvalue weighted by molar-refractivity contribution is -0.685. The Morgan fingerprint density at radius 3 is 2.86 bits per heavy atom. The van der Waals surface area contributed by atoms with Crippen LogP contribution in [0.4, 0.5) is 0 Å². The number of nitrogens with one attached hydrogen (secondary N) is 2. The molecule has 0 saturated carbocycles. The number of carbonyl (C=O) groups is 2. The highest BCUT2D eigenvalue weighted by atomic mass is 35.5. The molecule has 1 saturated heterocycles. The van der Waals surface area contributed by atoms with Crippen LogP contribution in [-0.2, 0) is 11.3 Å². The minimum absolute atomic E-state index is 0. The molecule has 0 aromatic carbocycles. The van der Waals surface area contributed by atoms with Gasteiger partial charge >= 0.3 is 0 Å². The average Bonchev–Trinajstić information content (AvgIpc) is 2.85. The normalized spacial score (nSPS) is 17.2. The molecule has 0 radical (unpaired) electrons. The van der Waals surface area contributed by atoms with Gasteiger partial charge < -0.3 is 17.3 Å². The summed E-state index contributed by atoms with van der Waals surface area (Å²) in [7, 11) is 1.63. The van der Waals surface area contributed by atoms with Crippen molar-refractivity contribution in [3.05, 3.63) is 30.1 Å². The Bertz CT molecular complexity index is 510. The molecule has 2 N–H and O–H groups in total. The first kappa shape index (κ1) is 17.4. The van der Waals surface area contributed by atoms with E-state index in [1.54, 1.807) is 36.1 Å². The molecule has 1 aromatic rings. The number of hydrogen-bond acceptors (Lipinski definition) is 3. The van der Waals surface area contributed by atoms with Crippen molar-refractivity contribution in [1.82, 2.24) is 15.8 Å². The maximum atomic E-state index is 12.2. The molecule has 1 aromatic heterocycles. The van der Waals surface area contributed by atoms with Gasteiger partial charge in [-0.1, -0.05) is 0 Å². The van der Waals surface area contributed by atoms with E-state index >= 15 is 0 Å². The average molecular weight is 313 g/mol. The van der Waals surface area contributed by atoms with Crippen LogP contribution in [0.25, 0.3) is 0 Å². The van der Waals surface area contributed by atoms with Gasteiger partial charge in [-0.25, -0.2) is 5.43 Å².